The Morgan fingerprint density at radius 1 is 1.44 bits per heavy atom. The molecular weight excluding hydrogens is 212 g/mol. The van der Waals surface area contributed by atoms with Gasteiger partial charge in [0.1, 0.15) is 6.10 Å². The van der Waals surface area contributed by atoms with Gasteiger partial charge in [-0.2, -0.15) is 5.26 Å². The fourth-order valence-electron chi connectivity index (χ4n) is 1.21. The van der Waals surface area contributed by atoms with Crippen LogP contribution < -0.4 is 5.73 Å². The van der Waals surface area contributed by atoms with Crippen molar-refractivity contribution in [3.8, 4) is 6.07 Å². The van der Waals surface area contributed by atoms with Crippen LogP contribution in [0.25, 0.3) is 0 Å². The number of carboxylic acid groups (broad SMARTS) is 1. The second kappa shape index (κ2) is 4.61. The van der Waals surface area contributed by atoms with Crippen molar-refractivity contribution < 1.29 is 20.1 Å². The van der Waals surface area contributed by atoms with Crippen LogP contribution in [-0.2, 0) is 4.79 Å². The van der Waals surface area contributed by atoms with E-state index in [1.54, 1.807) is 0 Å². The number of carboxylic acids is 1. The smallest absolute Gasteiger partial charge is 0.335 e. The highest BCUT2D eigenvalue weighted by Gasteiger charge is 2.26. The van der Waals surface area contributed by atoms with Crippen molar-refractivity contribution >= 4 is 11.7 Å². The highest BCUT2D eigenvalue weighted by molar-refractivity contribution is 5.73. The molecule has 0 radical (unpaired) electrons. The first kappa shape index (κ1) is 12.0. The van der Waals surface area contributed by atoms with Gasteiger partial charge >= 0.3 is 5.97 Å². The van der Waals surface area contributed by atoms with Crippen molar-refractivity contribution in [1.82, 2.24) is 0 Å². The second-order valence-electron chi connectivity index (χ2n) is 3.18. The Balaban J connectivity index is 3.12. The van der Waals surface area contributed by atoms with Crippen LogP contribution in [0.3, 0.4) is 0 Å². The number of hydrogen-bond acceptors (Lipinski definition) is 5. The van der Waals surface area contributed by atoms with Gasteiger partial charge in [0, 0.05) is 11.3 Å². The lowest BCUT2D eigenvalue weighted by Gasteiger charge is -2.16. The highest BCUT2D eigenvalue weighted by atomic mass is 16.4. The number of benzene rings is 1. The van der Waals surface area contributed by atoms with Crippen LogP contribution in [-0.4, -0.2) is 27.4 Å². The lowest BCUT2D eigenvalue weighted by molar-refractivity contribution is -0.153. The lowest BCUT2D eigenvalue weighted by Crippen LogP contribution is -2.28. The summed E-state index contributed by atoms with van der Waals surface area (Å²) in [6.07, 6.45) is -3.64. The number of aliphatic carboxylic acids is 1. The molecule has 1 aromatic carbocycles. The van der Waals surface area contributed by atoms with Crippen LogP contribution in [0.2, 0.25) is 0 Å². The maximum absolute atomic E-state index is 10.5. The highest BCUT2D eigenvalue weighted by Crippen LogP contribution is 2.24. The first-order valence-corrected chi connectivity index (χ1v) is 4.36. The summed E-state index contributed by atoms with van der Waals surface area (Å²) in [7, 11) is 0. The Morgan fingerprint density at radius 2 is 2.06 bits per heavy atom. The fraction of sp³-hybridized carbons (Fsp3) is 0.200. The van der Waals surface area contributed by atoms with Gasteiger partial charge in [-0.05, 0) is 18.2 Å². The zero-order valence-electron chi connectivity index (χ0n) is 8.16. The molecular formula is C10H10N2O4. The van der Waals surface area contributed by atoms with Gasteiger partial charge in [-0.15, -0.1) is 0 Å². The van der Waals surface area contributed by atoms with Gasteiger partial charge in [0.25, 0.3) is 0 Å². The third-order valence-corrected chi connectivity index (χ3v) is 2.09. The number of aliphatic hydroxyl groups is 2. The monoisotopic (exact) mass is 222 g/mol. The molecule has 0 saturated heterocycles. The molecule has 0 aliphatic carbocycles. The summed E-state index contributed by atoms with van der Waals surface area (Å²) in [6, 6.07) is 5.86. The molecule has 0 amide bonds. The van der Waals surface area contributed by atoms with Crippen molar-refractivity contribution in [2.24, 2.45) is 0 Å². The molecule has 1 aromatic rings. The Kier molecular flexibility index (Phi) is 3.45. The third kappa shape index (κ3) is 2.28. The predicted octanol–water partition coefficient (Wildman–Crippen LogP) is -0.381. The van der Waals surface area contributed by atoms with Crippen molar-refractivity contribution in [1.29, 1.82) is 5.26 Å². The van der Waals surface area contributed by atoms with E-state index in [2.05, 4.69) is 0 Å². The summed E-state index contributed by atoms with van der Waals surface area (Å²) in [5.74, 6) is -1.56. The first-order valence-electron chi connectivity index (χ1n) is 4.36. The molecule has 0 spiro atoms. The minimum atomic E-state index is -1.98. The topological polar surface area (TPSA) is 128 Å². The first-order chi connectivity index (χ1) is 7.47. The average molecular weight is 222 g/mol. The number of nitrogens with two attached hydrogens (primary N) is 1. The van der Waals surface area contributed by atoms with Gasteiger partial charge in [0.05, 0.1) is 11.6 Å². The second-order valence-corrected chi connectivity index (χ2v) is 3.18. The summed E-state index contributed by atoms with van der Waals surface area (Å²) in [6.45, 7) is 0. The number of aliphatic hydroxyl groups excluding tert-OH is 2. The van der Waals surface area contributed by atoms with E-state index in [1.807, 2.05) is 6.07 Å². The fourth-order valence-corrected chi connectivity index (χ4v) is 1.21. The van der Waals surface area contributed by atoms with Gasteiger partial charge in [0.2, 0.25) is 0 Å². The third-order valence-electron chi connectivity index (χ3n) is 2.09. The Hall–Kier alpha value is -2.10. The Labute approximate surface area is 91.2 Å². The zero-order valence-corrected chi connectivity index (χ0v) is 8.16. The number of nitriles is 1. The Morgan fingerprint density at radius 3 is 2.56 bits per heavy atom. The normalized spacial score (nSPS) is 13.8. The standard InChI is InChI=1S/C10H10N2O4/c11-4-5-1-2-7(12)6(3-5)8(13)9(14)10(15)16/h1-3,8-9,13-14H,12H2,(H,15,16). The molecule has 2 unspecified atom stereocenters. The summed E-state index contributed by atoms with van der Waals surface area (Å²) in [4.78, 5) is 10.5. The lowest BCUT2D eigenvalue weighted by atomic mass is 10.0. The van der Waals surface area contributed by atoms with E-state index in [0.29, 0.717) is 0 Å². The number of hydrogen-bond donors (Lipinski definition) is 4. The van der Waals surface area contributed by atoms with E-state index in [9.17, 15) is 9.90 Å². The van der Waals surface area contributed by atoms with Crippen LogP contribution in [0.4, 0.5) is 5.69 Å². The molecule has 0 aliphatic heterocycles. The number of nitrogens with zero attached hydrogens (tertiary/aromatic N) is 1. The van der Waals surface area contributed by atoms with Crippen LogP contribution in [0, 0.1) is 11.3 Å². The van der Waals surface area contributed by atoms with E-state index >= 15 is 0 Å². The number of nitrogen functional groups attached to an aromatic ring is 1. The molecule has 6 nitrogen and oxygen atoms in total. The van der Waals surface area contributed by atoms with Gasteiger partial charge in [-0.1, -0.05) is 0 Å². The molecule has 5 N–H and O–H groups in total. The minimum absolute atomic E-state index is 0.0222. The molecule has 6 heteroatoms. The molecule has 2 atom stereocenters. The summed E-state index contributed by atoms with van der Waals surface area (Å²) >= 11 is 0. The van der Waals surface area contributed by atoms with E-state index in [0.717, 1.165) is 0 Å². The Bertz CT molecular complexity index is 453. The summed E-state index contributed by atoms with van der Waals surface area (Å²) in [5, 5.41) is 35.8. The number of rotatable bonds is 3. The maximum atomic E-state index is 10.5. The van der Waals surface area contributed by atoms with Crippen LogP contribution in [0.5, 0.6) is 0 Å². The van der Waals surface area contributed by atoms with Crippen LogP contribution >= 0.6 is 0 Å². The number of carbonyl (C=O) groups is 1. The van der Waals surface area contributed by atoms with E-state index < -0.39 is 18.2 Å². The molecule has 0 fully saturated rings. The molecule has 0 bridgehead atoms. The number of anilines is 1. The minimum Gasteiger partial charge on any atom is -0.479 e. The van der Waals surface area contributed by atoms with E-state index in [4.69, 9.17) is 21.2 Å². The summed E-state index contributed by atoms with van der Waals surface area (Å²) < 4.78 is 0. The summed E-state index contributed by atoms with van der Waals surface area (Å²) in [5.41, 5.74) is 5.87. The molecule has 0 aromatic heterocycles. The van der Waals surface area contributed by atoms with Gasteiger partial charge in [-0.3, -0.25) is 0 Å². The van der Waals surface area contributed by atoms with Crippen molar-refractivity contribution in [2.45, 2.75) is 12.2 Å². The molecule has 1 rings (SSSR count). The molecule has 16 heavy (non-hydrogen) atoms. The zero-order chi connectivity index (χ0) is 12.3. The van der Waals surface area contributed by atoms with Gasteiger partial charge < -0.3 is 21.1 Å². The predicted molar refractivity (Wildman–Crippen MR) is 54.2 cm³/mol. The van der Waals surface area contributed by atoms with Gasteiger partial charge in [0.15, 0.2) is 6.10 Å². The van der Waals surface area contributed by atoms with Crippen molar-refractivity contribution in [3.63, 3.8) is 0 Å². The molecule has 0 heterocycles. The van der Waals surface area contributed by atoms with E-state index in [1.165, 1.54) is 18.2 Å². The largest absolute Gasteiger partial charge is 0.479 e. The molecule has 0 saturated carbocycles. The van der Waals surface area contributed by atoms with Crippen molar-refractivity contribution in [2.75, 3.05) is 5.73 Å². The van der Waals surface area contributed by atoms with Crippen molar-refractivity contribution in [3.05, 3.63) is 29.3 Å². The van der Waals surface area contributed by atoms with Crippen LogP contribution in [0.1, 0.15) is 17.2 Å². The quantitative estimate of drug-likeness (QED) is 0.516. The maximum Gasteiger partial charge on any atom is 0.335 e. The molecule has 84 valence electrons. The molecule has 0 aliphatic rings. The SMILES string of the molecule is N#Cc1ccc(N)c(C(O)C(O)C(=O)O)c1. The average Bonchev–Trinajstić information content (AvgIpc) is 2.27. The van der Waals surface area contributed by atoms with E-state index in [-0.39, 0.29) is 16.8 Å². The van der Waals surface area contributed by atoms with Gasteiger partial charge in [-0.25, -0.2) is 4.79 Å². The van der Waals surface area contributed by atoms with Crippen LogP contribution in [0.15, 0.2) is 18.2 Å².